The van der Waals surface area contributed by atoms with Crippen LogP contribution in [0.15, 0.2) is 12.7 Å². The SMILES string of the molecule is C=CC(=O)NC(C)(CC)CS(=O)(=O)O. The molecule has 0 aromatic heterocycles. The highest BCUT2D eigenvalue weighted by atomic mass is 32.2. The summed E-state index contributed by atoms with van der Waals surface area (Å²) in [6, 6.07) is 0. The highest BCUT2D eigenvalue weighted by molar-refractivity contribution is 7.85. The van der Waals surface area contributed by atoms with Crippen LogP contribution in [0.25, 0.3) is 0 Å². The minimum Gasteiger partial charge on any atom is -0.346 e. The van der Waals surface area contributed by atoms with Crippen LogP contribution in [-0.4, -0.2) is 30.2 Å². The first-order valence-electron chi connectivity index (χ1n) is 4.12. The van der Waals surface area contributed by atoms with E-state index in [1.54, 1.807) is 13.8 Å². The van der Waals surface area contributed by atoms with Gasteiger partial charge in [-0.2, -0.15) is 8.42 Å². The number of carbonyl (C=O) groups excluding carboxylic acids is 1. The first-order chi connectivity index (χ1) is 6.22. The Balaban J connectivity index is 4.64. The van der Waals surface area contributed by atoms with E-state index < -0.39 is 27.3 Å². The van der Waals surface area contributed by atoms with Crippen LogP contribution in [0.1, 0.15) is 20.3 Å². The van der Waals surface area contributed by atoms with Crippen molar-refractivity contribution in [2.24, 2.45) is 0 Å². The van der Waals surface area contributed by atoms with Crippen molar-refractivity contribution in [3.05, 3.63) is 12.7 Å². The van der Waals surface area contributed by atoms with E-state index in [1.807, 2.05) is 0 Å². The lowest BCUT2D eigenvalue weighted by molar-refractivity contribution is -0.117. The molecule has 1 amide bonds. The number of amides is 1. The van der Waals surface area contributed by atoms with Gasteiger partial charge in [-0.15, -0.1) is 0 Å². The molecular weight excluding hydrogens is 206 g/mol. The Hall–Kier alpha value is -0.880. The molecule has 0 bridgehead atoms. The first-order valence-corrected chi connectivity index (χ1v) is 5.73. The van der Waals surface area contributed by atoms with E-state index in [0.717, 1.165) is 6.08 Å². The minimum absolute atomic E-state index is 0.395. The first kappa shape index (κ1) is 13.1. The molecule has 6 heteroatoms. The summed E-state index contributed by atoms with van der Waals surface area (Å²) in [7, 11) is -4.10. The van der Waals surface area contributed by atoms with Crippen molar-refractivity contribution in [1.82, 2.24) is 5.32 Å². The van der Waals surface area contributed by atoms with Gasteiger partial charge in [0.1, 0.15) is 0 Å². The van der Waals surface area contributed by atoms with Gasteiger partial charge < -0.3 is 5.32 Å². The lowest BCUT2D eigenvalue weighted by atomic mass is 10.0. The fraction of sp³-hybridized carbons (Fsp3) is 0.625. The van der Waals surface area contributed by atoms with E-state index in [4.69, 9.17) is 4.55 Å². The van der Waals surface area contributed by atoms with E-state index in [0.29, 0.717) is 6.42 Å². The third kappa shape index (κ3) is 4.98. The van der Waals surface area contributed by atoms with Gasteiger partial charge in [-0.1, -0.05) is 13.5 Å². The van der Waals surface area contributed by atoms with Gasteiger partial charge in [0.05, 0.1) is 11.3 Å². The van der Waals surface area contributed by atoms with Crippen molar-refractivity contribution >= 4 is 16.0 Å². The van der Waals surface area contributed by atoms with Gasteiger partial charge in [-0.05, 0) is 19.4 Å². The predicted octanol–water partition coefficient (Wildman–Crippen LogP) is 0.345. The minimum atomic E-state index is -4.10. The molecular formula is C8H15NO4S. The fourth-order valence-electron chi connectivity index (χ4n) is 0.978. The number of hydrogen-bond acceptors (Lipinski definition) is 3. The van der Waals surface area contributed by atoms with Crippen molar-refractivity contribution in [2.45, 2.75) is 25.8 Å². The van der Waals surface area contributed by atoms with E-state index in [2.05, 4.69) is 11.9 Å². The molecule has 0 aliphatic rings. The molecule has 0 aromatic rings. The van der Waals surface area contributed by atoms with Gasteiger partial charge in [0.15, 0.2) is 0 Å². The number of hydrogen-bond donors (Lipinski definition) is 2. The number of carbonyl (C=O) groups is 1. The van der Waals surface area contributed by atoms with Crippen LogP contribution in [0.2, 0.25) is 0 Å². The third-order valence-electron chi connectivity index (χ3n) is 1.89. The molecule has 0 saturated carbocycles. The van der Waals surface area contributed by atoms with Crippen molar-refractivity contribution in [2.75, 3.05) is 5.75 Å². The Morgan fingerprint density at radius 3 is 2.43 bits per heavy atom. The summed E-state index contributed by atoms with van der Waals surface area (Å²) in [6.45, 7) is 6.51. The maximum Gasteiger partial charge on any atom is 0.267 e. The molecule has 2 N–H and O–H groups in total. The Bertz CT molecular complexity index is 322. The lowest BCUT2D eigenvalue weighted by Gasteiger charge is -2.27. The molecule has 1 unspecified atom stereocenters. The van der Waals surface area contributed by atoms with Crippen LogP contribution in [0, 0.1) is 0 Å². The molecule has 1 atom stereocenters. The number of nitrogens with one attached hydrogen (secondary N) is 1. The smallest absolute Gasteiger partial charge is 0.267 e. The van der Waals surface area contributed by atoms with Crippen LogP contribution in [0.4, 0.5) is 0 Å². The van der Waals surface area contributed by atoms with Crippen molar-refractivity contribution in [3.63, 3.8) is 0 Å². The van der Waals surface area contributed by atoms with Crippen LogP contribution < -0.4 is 5.32 Å². The quantitative estimate of drug-likeness (QED) is 0.518. The van der Waals surface area contributed by atoms with Crippen molar-refractivity contribution in [1.29, 1.82) is 0 Å². The topological polar surface area (TPSA) is 83.5 Å². The predicted molar refractivity (Wildman–Crippen MR) is 53.5 cm³/mol. The largest absolute Gasteiger partial charge is 0.346 e. The molecule has 0 rings (SSSR count). The summed E-state index contributed by atoms with van der Waals surface area (Å²) < 4.78 is 30.0. The van der Waals surface area contributed by atoms with Gasteiger partial charge in [0.25, 0.3) is 10.1 Å². The Labute approximate surface area is 83.9 Å². The van der Waals surface area contributed by atoms with Gasteiger partial charge in [-0.3, -0.25) is 9.35 Å². The molecule has 0 radical (unpaired) electrons. The summed E-state index contributed by atoms with van der Waals surface area (Å²) in [5.74, 6) is -0.964. The molecule has 0 aromatic carbocycles. The molecule has 0 fully saturated rings. The average molecular weight is 221 g/mol. The van der Waals surface area contributed by atoms with Crippen LogP contribution in [-0.2, 0) is 14.9 Å². The maximum atomic E-state index is 11.0. The van der Waals surface area contributed by atoms with Crippen molar-refractivity contribution < 1.29 is 17.8 Å². The Morgan fingerprint density at radius 2 is 2.14 bits per heavy atom. The second-order valence-corrected chi connectivity index (χ2v) is 4.79. The average Bonchev–Trinajstić information content (AvgIpc) is 2.00. The lowest BCUT2D eigenvalue weighted by Crippen LogP contribution is -2.49. The molecule has 5 nitrogen and oxygen atoms in total. The summed E-state index contributed by atoms with van der Waals surface area (Å²) in [5.41, 5.74) is -0.959. The normalized spacial score (nSPS) is 15.6. The van der Waals surface area contributed by atoms with Gasteiger partial charge in [0.2, 0.25) is 5.91 Å². The van der Waals surface area contributed by atoms with E-state index in [-0.39, 0.29) is 0 Å². The zero-order chi connectivity index (χ0) is 11.4. The highest BCUT2D eigenvalue weighted by Crippen LogP contribution is 2.11. The van der Waals surface area contributed by atoms with Crippen LogP contribution >= 0.6 is 0 Å². The molecule has 0 aliphatic heterocycles. The second kappa shape index (κ2) is 4.56. The zero-order valence-electron chi connectivity index (χ0n) is 8.28. The maximum absolute atomic E-state index is 11.0. The second-order valence-electron chi connectivity index (χ2n) is 3.33. The van der Waals surface area contributed by atoms with Crippen molar-refractivity contribution in [3.8, 4) is 0 Å². The van der Waals surface area contributed by atoms with Gasteiger partial charge >= 0.3 is 0 Å². The molecule has 14 heavy (non-hydrogen) atoms. The zero-order valence-corrected chi connectivity index (χ0v) is 9.10. The Kier molecular flexibility index (Phi) is 4.28. The monoisotopic (exact) mass is 221 g/mol. The molecule has 0 spiro atoms. The van der Waals surface area contributed by atoms with Gasteiger partial charge in [0, 0.05) is 0 Å². The van der Waals surface area contributed by atoms with Crippen LogP contribution in [0.3, 0.4) is 0 Å². The molecule has 0 heterocycles. The standard InChI is InChI=1S/C8H15NO4S/c1-4-7(10)9-8(3,5-2)6-14(11,12)13/h4H,1,5-6H2,2-3H3,(H,9,10)(H,11,12,13). The molecule has 82 valence electrons. The van der Waals surface area contributed by atoms with Crippen LogP contribution in [0.5, 0.6) is 0 Å². The summed E-state index contributed by atoms with van der Waals surface area (Å²) in [5, 5.41) is 2.45. The molecule has 0 saturated heterocycles. The highest BCUT2D eigenvalue weighted by Gasteiger charge is 2.29. The summed E-state index contributed by atoms with van der Waals surface area (Å²) in [4.78, 5) is 11.0. The third-order valence-corrected chi connectivity index (χ3v) is 2.89. The van der Waals surface area contributed by atoms with E-state index >= 15 is 0 Å². The summed E-state index contributed by atoms with van der Waals surface area (Å²) in [6.07, 6.45) is 1.45. The number of rotatable bonds is 5. The van der Waals surface area contributed by atoms with E-state index in [9.17, 15) is 13.2 Å². The molecule has 0 aliphatic carbocycles. The summed E-state index contributed by atoms with van der Waals surface area (Å²) >= 11 is 0. The van der Waals surface area contributed by atoms with E-state index in [1.165, 1.54) is 0 Å². The fourth-order valence-corrected chi connectivity index (χ4v) is 2.06. The Morgan fingerprint density at radius 1 is 1.64 bits per heavy atom. The van der Waals surface area contributed by atoms with Gasteiger partial charge in [-0.25, -0.2) is 0 Å².